The molecular weight excluding hydrogens is 261 g/mol. The average Bonchev–Trinajstić information content (AvgIpc) is 2.98. The predicted octanol–water partition coefficient (Wildman–Crippen LogP) is 1.52. The molecular formula is C13H16FN5O. The quantitative estimate of drug-likeness (QED) is 0.889. The van der Waals surface area contributed by atoms with Gasteiger partial charge in [0.1, 0.15) is 12.1 Å². The van der Waals surface area contributed by atoms with Crippen LogP contribution in [0, 0.1) is 5.82 Å². The lowest BCUT2D eigenvalue weighted by Crippen LogP contribution is -2.28. The first-order valence-corrected chi connectivity index (χ1v) is 6.70. The van der Waals surface area contributed by atoms with Crippen molar-refractivity contribution in [2.24, 2.45) is 0 Å². The van der Waals surface area contributed by atoms with E-state index in [9.17, 15) is 9.50 Å². The van der Waals surface area contributed by atoms with Crippen LogP contribution in [0.1, 0.15) is 25.7 Å². The van der Waals surface area contributed by atoms with Crippen molar-refractivity contribution in [1.82, 2.24) is 20.2 Å². The van der Waals surface area contributed by atoms with Gasteiger partial charge in [0.05, 0.1) is 17.5 Å². The van der Waals surface area contributed by atoms with Gasteiger partial charge >= 0.3 is 0 Å². The Morgan fingerprint density at radius 3 is 2.75 bits per heavy atom. The van der Waals surface area contributed by atoms with E-state index in [1.54, 1.807) is 12.1 Å². The monoisotopic (exact) mass is 277 g/mol. The van der Waals surface area contributed by atoms with Crippen molar-refractivity contribution in [1.29, 1.82) is 0 Å². The van der Waals surface area contributed by atoms with Crippen molar-refractivity contribution >= 4 is 5.69 Å². The Kier molecular flexibility index (Phi) is 3.60. The molecule has 106 valence electrons. The Balaban J connectivity index is 1.77. The van der Waals surface area contributed by atoms with Crippen molar-refractivity contribution in [3.8, 4) is 5.69 Å². The number of hydrogen-bond acceptors (Lipinski definition) is 5. The van der Waals surface area contributed by atoms with Crippen LogP contribution >= 0.6 is 0 Å². The van der Waals surface area contributed by atoms with Gasteiger partial charge in [0.2, 0.25) is 0 Å². The van der Waals surface area contributed by atoms with E-state index in [0.717, 1.165) is 25.7 Å². The van der Waals surface area contributed by atoms with E-state index in [2.05, 4.69) is 20.8 Å². The molecule has 1 aromatic carbocycles. The van der Waals surface area contributed by atoms with Crippen molar-refractivity contribution < 1.29 is 9.50 Å². The van der Waals surface area contributed by atoms with E-state index >= 15 is 0 Å². The van der Waals surface area contributed by atoms with Crippen LogP contribution in [0.4, 0.5) is 10.1 Å². The van der Waals surface area contributed by atoms with E-state index in [-0.39, 0.29) is 18.0 Å². The van der Waals surface area contributed by atoms with Gasteiger partial charge < -0.3 is 10.4 Å². The molecule has 1 aliphatic rings. The van der Waals surface area contributed by atoms with Gasteiger partial charge in [0.25, 0.3) is 0 Å². The summed E-state index contributed by atoms with van der Waals surface area (Å²) in [6.45, 7) is 0. The number of nitrogens with zero attached hydrogens (tertiary/aromatic N) is 4. The summed E-state index contributed by atoms with van der Waals surface area (Å²) in [6.07, 6.45) is 4.45. The van der Waals surface area contributed by atoms with E-state index in [4.69, 9.17) is 0 Å². The van der Waals surface area contributed by atoms with Gasteiger partial charge in [0, 0.05) is 6.04 Å². The Hall–Kier alpha value is -2.02. The molecule has 0 radical (unpaired) electrons. The van der Waals surface area contributed by atoms with Crippen LogP contribution in [-0.2, 0) is 0 Å². The molecule has 0 spiro atoms. The largest absolute Gasteiger partial charge is 0.393 e. The summed E-state index contributed by atoms with van der Waals surface area (Å²) in [4.78, 5) is 0. The molecule has 6 nitrogen and oxygen atoms in total. The van der Waals surface area contributed by atoms with Gasteiger partial charge in [-0.1, -0.05) is 0 Å². The maximum Gasteiger partial charge on any atom is 0.146 e. The third kappa shape index (κ3) is 2.77. The van der Waals surface area contributed by atoms with E-state index in [1.807, 2.05) is 0 Å². The number of aliphatic hydroxyl groups is 1. The molecule has 1 aliphatic carbocycles. The number of hydrogen-bond donors (Lipinski definition) is 2. The first kappa shape index (κ1) is 13.0. The molecule has 2 N–H and O–H groups in total. The fourth-order valence-corrected chi connectivity index (χ4v) is 2.49. The lowest BCUT2D eigenvalue weighted by molar-refractivity contribution is 0.126. The van der Waals surface area contributed by atoms with Crippen molar-refractivity contribution in [3.05, 3.63) is 30.3 Å². The topological polar surface area (TPSA) is 75.9 Å². The third-order valence-electron chi connectivity index (χ3n) is 3.62. The highest BCUT2D eigenvalue weighted by Crippen LogP contribution is 2.25. The first-order chi connectivity index (χ1) is 9.72. The number of tetrazole rings is 1. The van der Waals surface area contributed by atoms with Crippen LogP contribution < -0.4 is 5.32 Å². The predicted molar refractivity (Wildman–Crippen MR) is 71.0 cm³/mol. The molecule has 3 rings (SSSR count). The van der Waals surface area contributed by atoms with Crippen molar-refractivity contribution in [2.45, 2.75) is 37.8 Å². The van der Waals surface area contributed by atoms with E-state index in [1.165, 1.54) is 17.1 Å². The number of rotatable bonds is 3. The highest BCUT2D eigenvalue weighted by molar-refractivity contribution is 5.52. The summed E-state index contributed by atoms with van der Waals surface area (Å²) < 4.78 is 15.4. The Bertz CT molecular complexity index is 566. The van der Waals surface area contributed by atoms with Crippen LogP contribution in [-0.4, -0.2) is 37.5 Å². The minimum absolute atomic E-state index is 0.192. The van der Waals surface area contributed by atoms with Crippen molar-refractivity contribution in [3.63, 3.8) is 0 Å². The zero-order valence-electron chi connectivity index (χ0n) is 10.9. The molecule has 0 aliphatic heterocycles. The highest BCUT2D eigenvalue weighted by Gasteiger charge is 2.20. The van der Waals surface area contributed by atoms with Crippen LogP contribution in [0.5, 0.6) is 0 Å². The van der Waals surface area contributed by atoms with Crippen LogP contribution in [0.15, 0.2) is 24.5 Å². The van der Waals surface area contributed by atoms with Gasteiger partial charge in [-0.05, 0) is 54.3 Å². The number of aromatic nitrogens is 4. The SMILES string of the molecule is OC1CCC(Nc2cc(-n3cnnn3)ccc2F)CC1. The van der Waals surface area contributed by atoms with Gasteiger partial charge in [-0.2, -0.15) is 0 Å². The number of benzene rings is 1. The number of aliphatic hydroxyl groups excluding tert-OH is 1. The van der Waals surface area contributed by atoms with Crippen LogP contribution in [0.25, 0.3) is 5.69 Å². The first-order valence-electron chi connectivity index (χ1n) is 6.70. The summed E-state index contributed by atoms with van der Waals surface area (Å²) in [7, 11) is 0. The lowest BCUT2D eigenvalue weighted by Gasteiger charge is -2.27. The van der Waals surface area contributed by atoms with Crippen molar-refractivity contribution in [2.75, 3.05) is 5.32 Å². The Morgan fingerprint density at radius 2 is 2.05 bits per heavy atom. The van der Waals surface area contributed by atoms with Gasteiger partial charge in [-0.3, -0.25) is 0 Å². The molecule has 0 atom stereocenters. The van der Waals surface area contributed by atoms with Gasteiger partial charge in [-0.15, -0.1) is 5.10 Å². The van der Waals surface area contributed by atoms with E-state index < -0.39 is 0 Å². The maximum absolute atomic E-state index is 13.9. The van der Waals surface area contributed by atoms with Gasteiger partial charge in [-0.25, -0.2) is 9.07 Å². The number of halogens is 1. The van der Waals surface area contributed by atoms with E-state index in [0.29, 0.717) is 11.4 Å². The molecule has 1 saturated carbocycles. The highest BCUT2D eigenvalue weighted by atomic mass is 19.1. The smallest absolute Gasteiger partial charge is 0.146 e. The molecule has 1 fully saturated rings. The minimum atomic E-state index is -0.298. The molecule has 0 amide bonds. The maximum atomic E-state index is 13.9. The minimum Gasteiger partial charge on any atom is -0.393 e. The second-order valence-corrected chi connectivity index (χ2v) is 5.07. The molecule has 0 saturated heterocycles. The summed E-state index contributed by atoms with van der Waals surface area (Å²) >= 11 is 0. The van der Waals surface area contributed by atoms with Crippen LogP contribution in [0.3, 0.4) is 0 Å². The zero-order valence-corrected chi connectivity index (χ0v) is 10.9. The fraction of sp³-hybridized carbons (Fsp3) is 0.462. The summed E-state index contributed by atoms with van der Waals surface area (Å²) in [5, 5.41) is 23.6. The molecule has 0 bridgehead atoms. The normalized spacial score (nSPS) is 22.7. The van der Waals surface area contributed by atoms with Crippen LogP contribution in [0.2, 0.25) is 0 Å². The zero-order chi connectivity index (χ0) is 13.9. The summed E-state index contributed by atoms with van der Waals surface area (Å²) in [6, 6.07) is 4.91. The summed E-state index contributed by atoms with van der Waals surface area (Å²) in [5.74, 6) is -0.298. The molecule has 1 heterocycles. The second kappa shape index (κ2) is 5.54. The number of anilines is 1. The molecule has 2 aromatic rings. The molecule has 1 aromatic heterocycles. The molecule has 20 heavy (non-hydrogen) atoms. The second-order valence-electron chi connectivity index (χ2n) is 5.07. The number of nitrogens with one attached hydrogen (secondary N) is 1. The molecule has 7 heteroatoms. The Morgan fingerprint density at radius 1 is 1.25 bits per heavy atom. The fourth-order valence-electron chi connectivity index (χ4n) is 2.49. The molecule has 0 unspecified atom stereocenters. The van der Waals surface area contributed by atoms with Gasteiger partial charge in [0.15, 0.2) is 0 Å². The standard InChI is InChI=1S/C13H16FN5O/c14-12-6-3-10(19-8-15-17-18-19)7-13(12)16-9-1-4-11(20)5-2-9/h3,6-9,11,16,20H,1-2,4-5H2. The lowest BCUT2D eigenvalue weighted by atomic mass is 9.93. The average molecular weight is 277 g/mol. The Labute approximate surface area is 115 Å². The summed E-state index contributed by atoms with van der Waals surface area (Å²) in [5.41, 5.74) is 1.15. The third-order valence-corrected chi connectivity index (χ3v) is 3.62.